The van der Waals surface area contributed by atoms with E-state index in [0.29, 0.717) is 16.6 Å². The fraction of sp³-hybridized carbons (Fsp3) is 0.300. The maximum absolute atomic E-state index is 6.20. The van der Waals surface area contributed by atoms with Crippen LogP contribution in [-0.2, 0) is 6.54 Å². The number of aromatic nitrogens is 2. The van der Waals surface area contributed by atoms with Crippen molar-refractivity contribution < 1.29 is 0 Å². The second kappa shape index (κ2) is 8.67. The van der Waals surface area contributed by atoms with Gasteiger partial charge in [0, 0.05) is 30.9 Å². The number of rotatable bonds is 7. The topological polar surface area (TPSA) is 32.3 Å². The lowest BCUT2D eigenvalue weighted by molar-refractivity contribution is 0.400. The van der Waals surface area contributed by atoms with Crippen molar-refractivity contribution in [3.63, 3.8) is 0 Å². The zero-order chi connectivity index (χ0) is 18.5. The molecule has 2 aromatic heterocycles. The first-order chi connectivity index (χ1) is 12.5. The van der Waals surface area contributed by atoms with Gasteiger partial charge in [0.15, 0.2) is 5.82 Å². The van der Waals surface area contributed by atoms with Crippen LogP contribution in [0.3, 0.4) is 0 Å². The molecule has 0 saturated heterocycles. The molecular weight excluding hydrogens is 367 g/mol. The first kappa shape index (κ1) is 18.9. The number of benzene rings is 1. The fourth-order valence-electron chi connectivity index (χ4n) is 2.92. The van der Waals surface area contributed by atoms with Crippen LogP contribution in [0.4, 0.5) is 5.82 Å². The molecule has 3 rings (SSSR count). The Bertz CT molecular complexity index is 877. The molecule has 0 aliphatic rings. The van der Waals surface area contributed by atoms with Crippen molar-refractivity contribution in [2.75, 3.05) is 32.1 Å². The Hall–Kier alpha value is -1.88. The molecule has 4 nitrogen and oxygen atoms in total. The van der Waals surface area contributed by atoms with E-state index in [1.807, 2.05) is 42.7 Å². The summed E-state index contributed by atoms with van der Waals surface area (Å²) in [5.74, 6) is 0.896. The highest BCUT2D eigenvalue weighted by Gasteiger charge is 2.14. The molecule has 1 aromatic carbocycles. The van der Waals surface area contributed by atoms with Crippen LogP contribution in [0.25, 0.3) is 10.9 Å². The zero-order valence-electron chi connectivity index (χ0n) is 15.0. The molecule has 0 atom stereocenters. The lowest BCUT2D eigenvalue weighted by Crippen LogP contribution is -2.28. The standard InChI is InChI=1S/C20H22Cl2N4/c1-25(2)11-4-12-26(14-15-6-7-17(21)18(22)13-15)20-19-16(8-10-24-20)5-3-9-23-19/h3,5-10,13H,4,11-12,14H2,1-2H3. The first-order valence-electron chi connectivity index (χ1n) is 8.58. The summed E-state index contributed by atoms with van der Waals surface area (Å²) in [5.41, 5.74) is 2.01. The van der Waals surface area contributed by atoms with E-state index in [0.717, 1.165) is 41.8 Å². The van der Waals surface area contributed by atoms with Gasteiger partial charge in [-0.1, -0.05) is 35.3 Å². The first-order valence-corrected chi connectivity index (χ1v) is 9.33. The smallest absolute Gasteiger partial charge is 0.155 e. The lowest BCUT2D eigenvalue weighted by Gasteiger charge is -2.25. The molecule has 6 heteroatoms. The summed E-state index contributed by atoms with van der Waals surface area (Å²) < 4.78 is 0. The van der Waals surface area contributed by atoms with Crippen molar-refractivity contribution in [1.82, 2.24) is 14.9 Å². The molecule has 0 spiro atoms. The van der Waals surface area contributed by atoms with Gasteiger partial charge in [0.05, 0.1) is 10.0 Å². The van der Waals surface area contributed by atoms with Gasteiger partial charge in [0.1, 0.15) is 5.52 Å². The molecule has 136 valence electrons. The highest BCUT2D eigenvalue weighted by atomic mass is 35.5. The molecule has 0 amide bonds. The molecule has 2 heterocycles. The van der Waals surface area contributed by atoms with E-state index in [1.165, 1.54) is 0 Å². The van der Waals surface area contributed by atoms with E-state index in [1.54, 1.807) is 0 Å². The number of anilines is 1. The van der Waals surface area contributed by atoms with Crippen molar-refractivity contribution in [1.29, 1.82) is 0 Å². The molecule has 0 aliphatic heterocycles. The zero-order valence-corrected chi connectivity index (χ0v) is 16.5. The molecular formula is C20H22Cl2N4. The van der Waals surface area contributed by atoms with Gasteiger partial charge >= 0.3 is 0 Å². The van der Waals surface area contributed by atoms with E-state index in [-0.39, 0.29) is 0 Å². The van der Waals surface area contributed by atoms with Crippen molar-refractivity contribution in [3.05, 3.63) is 64.4 Å². The predicted molar refractivity (Wildman–Crippen MR) is 110 cm³/mol. The Morgan fingerprint density at radius 3 is 2.54 bits per heavy atom. The SMILES string of the molecule is CN(C)CCCN(Cc1ccc(Cl)c(Cl)c1)c1nccc2cccnc12. The Morgan fingerprint density at radius 2 is 1.77 bits per heavy atom. The summed E-state index contributed by atoms with van der Waals surface area (Å²) in [5, 5.41) is 2.23. The summed E-state index contributed by atoms with van der Waals surface area (Å²) in [6, 6.07) is 11.8. The molecule has 0 bridgehead atoms. The van der Waals surface area contributed by atoms with Crippen molar-refractivity contribution in [2.24, 2.45) is 0 Å². The molecule has 0 radical (unpaired) electrons. The van der Waals surface area contributed by atoms with Crippen LogP contribution >= 0.6 is 23.2 Å². The quantitative estimate of drug-likeness (QED) is 0.576. The number of hydrogen-bond donors (Lipinski definition) is 0. The van der Waals surface area contributed by atoms with Gasteiger partial charge in [0.25, 0.3) is 0 Å². The van der Waals surface area contributed by atoms with Crippen LogP contribution in [0.5, 0.6) is 0 Å². The average Bonchev–Trinajstić information content (AvgIpc) is 2.63. The molecule has 0 unspecified atom stereocenters. The molecule has 26 heavy (non-hydrogen) atoms. The summed E-state index contributed by atoms with van der Waals surface area (Å²) in [6.45, 7) is 2.59. The third-order valence-electron chi connectivity index (χ3n) is 4.19. The maximum Gasteiger partial charge on any atom is 0.155 e. The van der Waals surface area contributed by atoms with Crippen molar-refractivity contribution in [2.45, 2.75) is 13.0 Å². The van der Waals surface area contributed by atoms with Crippen LogP contribution in [0, 0.1) is 0 Å². The number of hydrogen-bond acceptors (Lipinski definition) is 4. The van der Waals surface area contributed by atoms with Gasteiger partial charge in [-0.3, -0.25) is 4.98 Å². The fourth-order valence-corrected chi connectivity index (χ4v) is 3.24. The van der Waals surface area contributed by atoms with E-state index in [2.05, 4.69) is 39.9 Å². The van der Waals surface area contributed by atoms with E-state index in [4.69, 9.17) is 23.2 Å². The molecule has 0 N–H and O–H groups in total. The normalized spacial score (nSPS) is 11.3. The summed E-state index contributed by atoms with van der Waals surface area (Å²) in [6.07, 6.45) is 4.68. The minimum Gasteiger partial charge on any atom is -0.350 e. The van der Waals surface area contributed by atoms with E-state index >= 15 is 0 Å². The number of nitrogens with zero attached hydrogens (tertiary/aromatic N) is 4. The van der Waals surface area contributed by atoms with E-state index < -0.39 is 0 Å². The van der Waals surface area contributed by atoms with Gasteiger partial charge < -0.3 is 9.80 Å². The summed E-state index contributed by atoms with van der Waals surface area (Å²) >= 11 is 12.3. The monoisotopic (exact) mass is 388 g/mol. The third-order valence-corrected chi connectivity index (χ3v) is 4.93. The van der Waals surface area contributed by atoms with Crippen LogP contribution in [0.2, 0.25) is 10.0 Å². The minimum atomic E-state index is 0.569. The Kier molecular flexibility index (Phi) is 6.30. The summed E-state index contributed by atoms with van der Waals surface area (Å²) in [7, 11) is 4.17. The molecule has 0 aliphatic carbocycles. The molecule has 0 saturated carbocycles. The minimum absolute atomic E-state index is 0.569. The van der Waals surface area contributed by atoms with Gasteiger partial charge in [-0.15, -0.1) is 0 Å². The van der Waals surface area contributed by atoms with Gasteiger partial charge in [-0.05, 0) is 56.9 Å². The summed E-state index contributed by atoms with van der Waals surface area (Å²) in [4.78, 5) is 13.6. The van der Waals surface area contributed by atoms with Crippen LogP contribution < -0.4 is 4.90 Å². The lowest BCUT2D eigenvalue weighted by atomic mass is 10.2. The number of halogens is 2. The predicted octanol–water partition coefficient (Wildman–Crippen LogP) is 4.89. The van der Waals surface area contributed by atoms with Crippen molar-refractivity contribution >= 4 is 39.9 Å². The van der Waals surface area contributed by atoms with Gasteiger partial charge in [-0.2, -0.15) is 0 Å². The number of fused-ring (bicyclic) bond motifs is 1. The Morgan fingerprint density at radius 1 is 0.923 bits per heavy atom. The van der Waals surface area contributed by atoms with Gasteiger partial charge in [-0.25, -0.2) is 4.98 Å². The Labute approximate surface area is 164 Å². The van der Waals surface area contributed by atoms with Crippen LogP contribution in [0.15, 0.2) is 48.8 Å². The van der Waals surface area contributed by atoms with Crippen LogP contribution in [-0.4, -0.2) is 42.1 Å². The second-order valence-electron chi connectivity index (χ2n) is 6.54. The number of pyridine rings is 2. The van der Waals surface area contributed by atoms with Crippen LogP contribution in [0.1, 0.15) is 12.0 Å². The maximum atomic E-state index is 6.20. The van der Waals surface area contributed by atoms with E-state index in [9.17, 15) is 0 Å². The van der Waals surface area contributed by atoms with Gasteiger partial charge in [0.2, 0.25) is 0 Å². The average molecular weight is 389 g/mol. The highest BCUT2D eigenvalue weighted by Crippen LogP contribution is 2.27. The Balaban J connectivity index is 1.92. The molecule has 3 aromatic rings. The highest BCUT2D eigenvalue weighted by molar-refractivity contribution is 6.42. The third kappa shape index (κ3) is 4.64. The van der Waals surface area contributed by atoms with Crippen molar-refractivity contribution in [3.8, 4) is 0 Å². The largest absolute Gasteiger partial charge is 0.350 e. The second-order valence-corrected chi connectivity index (χ2v) is 7.35. The molecule has 0 fully saturated rings.